The molecule has 1 heteroatoms. The van der Waals surface area contributed by atoms with E-state index in [9.17, 15) is 4.79 Å². The standard InChI is InChI=1S/C28H22O/c1-28(25-13-7-5-11-23(25)24-12-6-8-14-26(24)28)19-20-15-17-22(18-16-20)27(29)21-9-3-2-4-10-21/h2-18H,19H2,1H3. The molecule has 0 unspecified atom stereocenters. The number of carbonyl (C=O) groups is 1. The molecular formula is C28H22O. The van der Waals surface area contributed by atoms with E-state index in [1.165, 1.54) is 27.8 Å². The van der Waals surface area contributed by atoms with Crippen LogP contribution < -0.4 is 0 Å². The molecular weight excluding hydrogens is 352 g/mol. The Labute approximate surface area is 171 Å². The van der Waals surface area contributed by atoms with Crippen LogP contribution in [0.3, 0.4) is 0 Å². The van der Waals surface area contributed by atoms with Crippen LogP contribution in [-0.4, -0.2) is 5.78 Å². The van der Waals surface area contributed by atoms with Gasteiger partial charge in [-0.15, -0.1) is 0 Å². The van der Waals surface area contributed by atoms with Gasteiger partial charge in [-0.2, -0.15) is 0 Å². The van der Waals surface area contributed by atoms with Gasteiger partial charge in [0.25, 0.3) is 0 Å². The zero-order chi connectivity index (χ0) is 19.8. The summed E-state index contributed by atoms with van der Waals surface area (Å²) in [5, 5.41) is 0. The Morgan fingerprint density at radius 1 is 0.621 bits per heavy atom. The first-order chi connectivity index (χ1) is 14.2. The van der Waals surface area contributed by atoms with Gasteiger partial charge in [0.05, 0.1) is 0 Å². The van der Waals surface area contributed by atoms with Crippen LogP contribution in [0.2, 0.25) is 0 Å². The maximum atomic E-state index is 12.7. The molecule has 0 spiro atoms. The summed E-state index contributed by atoms with van der Waals surface area (Å²) >= 11 is 0. The SMILES string of the molecule is CC1(Cc2ccc(C(=O)c3ccccc3)cc2)c2ccccc2-c2ccccc21. The Hall–Kier alpha value is -3.45. The maximum absolute atomic E-state index is 12.7. The second-order valence-electron chi connectivity index (χ2n) is 7.99. The average molecular weight is 374 g/mol. The van der Waals surface area contributed by atoms with Gasteiger partial charge >= 0.3 is 0 Å². The predicted molar refractivity (Wildman–Crippen MR) is 118 cm³/mol. The van der Waals surface area contributed by atoms with E-state index in [0.29, 0.717) is 0 Å². The Kier molecular flexibility index (Phi) is 4.17. The summed E-state index contributed by atoms with van der Waals surface area (Å²) in [5.74, 6) is 0.0694. The number of fused-ring (bicyclic) bond motifs is 3. The lowest BCUT2D eigenvalue weighted by Gasteiger charge is -2.27. The number of carbonyl (C=O) groups excluding carboxylic acids is 1. The molecule has 140 valence electrons. The highest BCUT2D eigenvalue weighted by Gasteiger charge is 2.38. The van der Waals surface area contributed by atoms with Crippen molar-refractivity contribution in [2.45, 2.75) is 18.8 Å². The minimum Gasteiger partial charge on any atom is -0.289 e. The van der Waals surface area contributed by atoms with Crippen LogP contribution in [-0.2, 0) is 11.8 Å². The minimum absolute atomic E-state index is 0.0694. The van der Waals surface area contributed by atoms with Crippen molar-refractivity contribution in [2.24, 2.45) is 0 Å². The number of hydrogen-bond acceptors (Lipinski definition) is 1. The van der Waals surface area contributed by atoms with Crippen molar-refractivity contribution in [3.05, 3.63) is 131 Å². The summed E-state index contributed by atoms with van der Waals surface area (Å²) in [6, 6.07) is 35.0. The van der Waals surface area contributed by atoms with E-state index in [2.05, 4.69) is 67.6 Å². The van der Waals surface area contributed by atoms with Gasteiger partial charge in [-0.05, 0) is 34.2 Å². The molecule has 1 nitrogen and oxygen atoms in total. The number of benzene rings is 4. The molecule has 0 radical (unpaired) electrons. The van der Waals surface area contributed by atoms with Gasteiger partial charge in [0, 0.05) is 16.5 Å². The monoisotopic (exact) mass is 374 g/mol. The Balaban J connectivity index is 1.48. The van der Waals surface area contributed by atoms with Crippen LogP contribution >= 0.6 is 0 Å². The molecule has 0 saturated heterocycles. The van der Waals surface area contributed by atoms with Crippen LogP contribution in [0.25, 0.3) is 11.1 Å². The van der Waals surface area contributed by atoms with Crippen LogP contribution in [0.1, 0.15) is 39.5 Å². The molecule has 0 fully saturated rings. The average Bonchev–Trinajstić information content (AvgIpc) is 3.03. The summed E-state index contributed by atoms with van der Waals surface area (Å²) in [5.41, 5.74) is 8.06. The van der Waals surface area contributed by atoms with Crippen molar-refractivity contribution < 1.29 is 4.79 Å². The highest BCUT2D eigenvalue weighted by Crippen LogP contribution is 2.50. The quantitative estimate of drug-likeness (QED) is 0.375. The first kappa shape index (κ1) is 17.6. The third-order valence-electron chi connectivity index (χ3n) is 6.14. The predicted octanol–water partition coefficient (Wildman–Crippen LogP) is 6.45. The Morgan fingerprint density at radius 2 is 1.10 bits per heavy atom. The Morgan fingerprint density at radius 3 is 1.69 bits per heavy atom. The van der Waals surface area contributed by atoms with E-state index in [-0.39, 0.29) is 11.2 Å². The van der Waals surface area contributed by atoms with E-state index >= 15 is 0 Å². The van der Waals surface area contributed by atoms with Crippen LogP contribution in [0.15, 0.2) is 103 Å². The van der Waals surface area contributed by atoms with Crippen molar-refractivity contribution in [3.63, 3.8) is 0 Å². The third-order valence-corrected chi connectivity index (χ3v) is 6.14. The molecule has 1 aliphatic carbocycles. The van der Waals surface area contributed by atoms with Gasteiger partial charge in [0.1, 0.15) is 0 Å². The van der Waals surface area contributed by atoms with Gasteiger partial charge in [-0.1, -0.05) is 110 Å². The van der Waals surface area contributed by atoms with E-state index in [0.717, 1.165) is 17.5 Å². The number of ketones is 1. The third kappa shape index (κ3) is 2.91. The zero-order valence-corrected chi connectivity index (χ0v) is 16.4. The van der Waals surface area contributed by atoms with Crippen LogP contribution in [0.5, 0.6) is 0 Å². The summed E-state index contributed by atoms with van der Waals surface area (Å²) in [7, 11) is 0. The minimum atomic E-state index is -0.0713. The highest BCUT2D eigenvalue weighted by molar-refractivity contribution is 6.08. The summed E-state index contributed by atoms with van der Waals surface area (Å²) < 4.78 is 0. The van der Waals surface area contributed by atoms with Gasteiger partial charge in [0.15, 0.2) is 5.78 Å². The molecule has 0 heterocycles. The molecule has 0 atom stereocenters. The van der Waals surface area contributed by atoms with Crippen molar-refractivity contribution in [3.8, 4) is 11.1 Å². The van der Waals surface area contributed by atoms with Gasteiger partial charge < -0.3 is 0 Å². The highest BCUT2D eigenvalue weighted by atomic mass is 16.1. The van der Waals surface area contributed by atoms with Crippen molar-refractivity contribution >= 4 is 5.78 Å². The number of rotatable bonds is 4. The fraction of sp³-hybridized carbons (Fsp3) is 0.107. The molecule has 29 heavy (non-hydrogen) atoms. The summed E-state index contributed by atoms with van der Waals surface area (Å²) in [4.78, 5) is 12.7. The molecule has 1 aliphatic rings. The smallest absolute Gasteiger partial charge is 0.193 e. The van der Waals surface area contributed by atoms with Crippen LogP contribution in [0, 0.1) is 0 Å². The van der Waals surface area contributed by atoms with Gasteiger partial charge in [0.2, 0.25) is 0 Å². The summed E-state index contributed by atoms with van der Waals surface area (Å²) in [6.45, 7) is 2.33. The second kappa shape index (κ2) is 6.86. The van der Waals surface area contributed by atoms with E-state index in [1.807, 2.05) is 42.5 Å². The first-order valence-corrected chi connectivity index (χ1v) is 10.0. The molecule has 4 aromatic rings. The molecule has 0 amide bonds. The molecule has 0 bridgehead atoms. The first-order valence-electron chi connectivity index (χ1n) is 10.0. The second-order valence-corrected chi connectivity index (χ2v) is 7.99. The van der Waals surface area contributed by atoms with Gasteiger partial charge in [-0.3, -0.25) is 4.79 Å². The van der Waals surface area contributed by atoms with E-state index in [1.54, 1.807) is 0 Å². The fourth-order valence-electron chi connectivity index (χ4n) is 4.67. The zero-order valence-electron chi connectivity index (χ0n) is 16.4. The lowest BCUT2D eigenvalue weighted by atomic mass is 9.75. The maximum Gasteiger partial charge on any atom is 0.193 e. The largest absolute Gasteiger partial charge is 0.289 e. The lowest BCUT2D eigenvalue weighted by molar-refractivity contribution is 0.103. The van der Waals surface area contributed by atoms with Crippen LogP contribution in [0.4, 0.5) is 0 Å². The molecule has 0 N–H and O–H groups in total. The molecule has 0 aliphatic heterocycles. The number of hydrogen-bond donors (Lipinski definition) is 0. The molecule has 4 aromatic carbocycles. The van der Waals surface area contributed by atoms with Gasteiger partial charge in [-0.25, -0.2) is 0 Å². The fourth-order valence-corrected chi connectivity index (χ4v) is 4.67. The van der Waals surface area contributed by atoms with Crippen molar-refractivity contribution in [2.75, 3.05) is 0 Å². The molecule has 0 saturated carbocycles. The normalized spacial score (nSPS) is 13.6. The topological polar surface area (TPSA) is 17.1 Å². The van der Waals surface area contributed by atoms with E-state index in [4.69, 9.17) is 0 Å². The van der Waals surface area contributed by atoms with E-state index < -0.39 is 0 Å². The molecule has 5 rings (SSSR count). The van der Waals surface area contributed by atoms with Crippen molar-refractivity contribution in [1.82, 2.24) is 0 Å². The van der Waals surface area contributed by atoms with Crippen molar-refractivity contribution in [1.29, 1.82) is 0 Å². The summed E-state index contributed by atoms with van der Waals surface area (Å²) in [6.07, 6.45) is 0.904. The lowest BCUT2D eigenvalue weighted by Crippen LogP contribution is -2.23. The Bertz CT molecular complexity index is 1140. The molecule has 0 aromatic heterocycles.